The smallest absolute Gasteiger partial charge is 0.308 e. The number of piperidine rings is 1. The molecule has 0 spiro atoms. The third-order valence-electron chi connectivity index (χ3n) is 4.87. The van der Waals surface area contributed by atoms with Crippen LogP contribution in [0, 0.1) is 5.92 Å². The zero-order chi connectivity index (χ0) is 17.3. The molecule has 0 amide bonds. The minimum absolute atomic E-state index is 0.0560. The number of hydrogen-bond donors (Lipinski definition) is 1. The normalized spacial score (nSPS) is 19.3. The summed E-state index contributed by atoms with van der Waals surface area (Å²) in [6, 6.07) is 0. The number of carbonyl (C=O) groups excluding carboxylic acids is 1. The Kier molecular flexibility index (Phi) is 8.50. The molecular weight excluding hydrogens is 318 g/mol. The van der Waals surface area contributed by atoms with Crippen molar-refractivity contribution in [1.29, 1.82) is 0 Å². The van der Waals surface area contributed by atoms with Crippen LogP contribution in [-0.2, 0) is 19.6 Å². The number of carbonyl (C=O) groups is 1. The largest absolute Gasteiger partial charge is 0.459 e. The van der Waals surface area contributed by atoms with Crippen molar-refractivity contribution in [3.05, 3.63) is 0 Å². The van der Waals surface area contributed by atoms with Crippen molar-refractivity contribution in [3.8, 4) is 0 Å². The van der Waals surface area contributed by atoms with Gasteiger partial charge in [0.2, 0.25) is 0 Å². The number of likely N-dealkylation sites (tertiary alicyclic amines) is 1. The van der Waals surface area contributed by atoms with Crippen LogP contribution >= 0.6 is 0 Å². The fourth-order valence-corrected chi connectivity index (χ4v) is 3.69. The molecule has 1 unspecified atom stereocenters. The van der Waals surface area contributed by atoms with Gasteiger partial charge >= 0.3 is 5.97 Å². The van der Waals surface area contributed by atoms with Crippen molar-refractivity contribution in [1.82, 2.24) is 0 Å². The van der Waals surface area contributed by atoms with Crippen molar-refractivity contribution in [2.45, 2.75) is 52.4 Å². The summed E-state index contributed by atoms with van der Waals surface area (Å²) in [4.78, 5) is 11.8. The standard InChI is InChI=1S/C16H31NO5S/c1-3-15(2)16(18)22-13-12-17(9-5-4-6-10-17)11-7-8-14-23(19,20)21/h15H,3-14H2,1-2H3/p+1. The lowest BCUT2D eigenvalue weighted by Crippen LogP contribution is -2.54. The lowest BCUT2D eigenvalue weighted by molar-refractivity contribution is -0.932. The van der Waals surface area contributed by atoms with Gasteiger partial charge in [-0.2, -0.15) is 8.42 Å². The minimum Gasteiger partial charge on any atom is -0.459 e. The average Bonchev–Trinajstić information content (AvgIpc) is 2.51. The maximum absolute atomic E-state index is 11.8. The highest BCUT2D eigenvalue weighted by atomic mass is 32.2. The van der Waals surface area contributed by atoms with Crippen LogP contribution in [-0.4, -0.2) is 62.0 Å². The molecule has 0 aromatic rings. The SMILES string of the molecule is CCC(C)C(=O)OCC[N+]1(CCCCS(=O)(=O)O)CCCCC1. The predicted molar refractivity (Wildman–Crippen MR) is 89.6 cm³/mol. The molecule has 0 aromatic heterocycles. The first-order valence-electron chi connectivity index (χ1n) is 8.75. The Labute approximate surface area is 140 Å². The summed E-state index contributed by atoms with van der Waals surface area (Å²) in [6.45, 7) is 8.09. The van der Waals surface area contributed by atoms with Crippen LogP contribution in [0.1, 0.15) is 52.4 Å². The second-order valence-electron chi connectivity index (χ2n) is 6.77. The van der Waals surface area contributed by atoms with E-state index in [0.29, 0.717) is 13.0 Å². The first-order valence-corrected chi connectivity index (χ1v) is 10.4. The van der Waals surface area contributed by atoms with E-state index in [9.17, 15) is 13.2 Å². The van der Waals surface area contributed by atoms with E-state index in [1.165, 1.54) is 6.42 Å². The maximum atomic E-state index is 11.8. The highest BCUT2D eigenvalue weighted by Crippen LogP contribution is 2.20. The molecule has 1 fully saturated rings. The number of ether oxygens (including phenoxy) is 1. The molecule has 0 saturated carbocycles. The highest BCUT2D eigenvalue weighted by Gasteiger charge is 2.30. The molecule has 1 rings (SSSR count). The van der Waals surface area contributed by atoms with E-state index in [2.05, 4.69) is 0 Å². The fraction of sp³-hybridized carbons (Fsp3) is 0.938. The fourth-order valence-electron chi connectivity index (χ4n) is 3.12. The quantitative estimate of drug-likeness (QED) is 0.283. The molecule has 1 heterocycles. The molecule has 23 heavy (non-hydrogen) atoms. The van der Waals surface area contributed by atoms with Crippen LogP contribution in [0.4, 0.5) is 0 Å². The molecule has 0 radical (unpaired) electrons. The Balaban J connectivity index is 2.43. The lowest BCUT2D eigenvalue weighted by Gasteiger charge is -2.41. The highest BCUT2D eigenvalue weighted by molar-refractivity contribution is 7.85. The molecule has 136 valence electrons. The molecule has 1 aliphatic heterocycles. The van der Waals surface area contributed by atoms with Gasteiger partial charge in [-0.25, -0.2) is 0 Å². The summed E-state index contributed by atoms with van der Waals surface area (Å²) < 4.78 is 36.7. The van der Waals surface area contributed by atoms with Gasteiger partial charge in [0.1, 0.15) is 13.2 Å². The van der Waals surface area contributed by atoms with Gasteiger partial charge in [0.25, 0.3) is 10.1 Å². The number of esters is 1. The molecule has 0 aromatic carbocycles. The number of nitrogens with zero attached hydrogens (tertiary/aromatic N) is 1. The molecule has 1 atom stereocenters. The maximum Gasteiger partial charge on any atom is 0.308 e. The number of unbranched alkanes of at least 4 members (excludes halogenated alkanes) is 1. The number of hydrogen-bond acceptors (Lipinski definition) is 4. The summed E-state index contributed by atoms with van der Waals surface area (Å²) in [5.74, 6) is -0.357. The second-order valence-corrected chi connectivity index (χ2v) is 8.34. The van der Waals surface area contributed by atoms with Crippen LogP contribution in [0.15, 0.2) is 0 Å². The van der Waals surface area contributed by atoms with E-state index in [1.807, 2.05) is 13.8 Å². The Hall–Kier alpha value is -0.660. The Bertz CT molecular complexity index is 457. The van der Waals surface area contributed by atoms with Gasteiger partial charge in [-0.3, -0.25) is 9.35 Å². The van der Waals surface area contributed by atoms with E-state index < -0.39 is 10.1 Å². The van der Waals surface area contributed by atoms with Crippen molar-refractivity contribution >= 4 is 16.1 Å². The zero-order valence-electron chi connectivity index (χ0n) is 14.5. The Morgan fingerprint density at radius 2 is 1.83 bits per heavy atom. The van der Waals surface area contributed by atoms with Crippen LogP contribution in [0.2, 0.25) is 0 Å². The van der Waals surface area contributed by atoms with Crippen LogP contribution in [0.5, 0.6) is 0 Å². The molecule has 1 saturated heterocycles. The molecular formula is C16H32NO5S+. The number of rotatable bonds is 10. The van der Waals surface area contributed by atoms with Gasteiger partial charge in [-0.15, -0.1) is 0 Å². The predicted octanol–water partition coefficient (Wildman–Crippen LogP) is 2.24. The topological polar surface area (TPSA) is 80.7 Å². The third kappa shape index (κ3) is 8.13. The molecule has 1 N–H and O–H groups in total. The summed E-state index contributed by atoms with van der Waals surface area (Å²) in [7, 11) is -3.86. The number of quaternary nitrogens is 1. The van der Waals surface area contributed by atoms with E-state index in [4.69, 9.17) is 9.29 Å². The van der Waals surface area contributed by atoms with Gasteiger partial charge in [-0.1, -0.05) is 13.8 Å². The van der Waals surface area contributed by atoms with Crippen molar-refractivity contribution in [3.63, 3.8) is 0 Å². The van der Waals surface area contributed by atoms with Crippen molar-refractivity contribution in [2.24, 2.45) is 5.92 Å². The first-order chi connectivity index (χ1) is 10.8. The molecule has 0 bridgehead atoms. The van der Waals surface area contributed by atoms with Gasteiger partial charge in [0, 0.05) is 0 Å². The molecule has 6 nitrogen and oxygen atoms in total. The summed E-state index contributed by atoms with van der Waals surface area (Å²) in [6.07, 6.45) is 5.59. The Morgan fingerprint density at radius 1 is 1.17 bits per heavy atom. The van der Waals surface area contributed by atoms with Gasteiger partial charge in [0.05, 0.1) is 31.3 Å². The van der Waals surface area contributed by atoms with E-state index in [0.717, 1.165) is 56.3 Å². The average molecular weight is 351 g/mol. The zero-order valence-corrected chi connectivity index (χ0v) is 15.3. The first kappa shape index (κ1) is 20.4. The molecule has 0 aliphatic carbocycles. The van der Waals surface area contributed by atoms with Gasteiger partial charge in [-0.05, 0) is 38.5 Å². The second kappa shape index (κ2) is 9.59. The Morgan fingerprint density at radius 3 is 2.39 bits per heavy atom. The van der Waals surface area contributed by atoms with Crippen LogP contribution in [0.25, 0.3) is 0 Å². The van der Waals surface area contributed by atoms with Crippen molar-refractivity contribution < 1.29 is 27.0 Å². The molecule has 7 heteroatoms. The van der Waals surface area contributed by atoms with E-state index in [-0.39, 0.29) is 17.6 Å². The summed E-state index contributed by atoms with van der Waals surface area (Å²) in [5.41, 5.74) is 0. The minimum atomic E-state index is -3.86. The monoisotopic (exact) mass is 350 g/mol. The van der Waals surface area contributed by atoms with E-state index >= 15 is 0 Å². The van der Waals surface area contributed by atoms with Gasteiger partial charge in [0.15, 0.2) is 0 Å². The van der Waals surface area contributed by atoms with Gasteiger partial charge < -0.3 is 9.22 Å². The van der Waals surface area contributed by atoms with Crippen molar-refractivity contribution in [2.75, 3.05) is 38.5 Å². The lowest BCUT2D eigenvalue weighted by atomic mass is 10.1. The van der Waals surface area contributed by atoms with Crippen LogP contribution in [0.3, 0.4) is 0 Å². The summed E-state index contributed by atoms with van der Waals surface area (Å²) in [5, 5.41) is 0. The third-order valence-corrected chi connectivity index (χ3v) is 5.68. The molecule has 1 aliphatic rings. The van der Waals surface area contributed by atoms with Crippen LogP contribution < -0.4 is 0 Å². The summed E-state index contributed by atoms with van der Waals surface area (Å²) >= 11 is 0. The van der Waals surface area contributed by atoms with E-state index in [1.54, 1.807) is 0 Å².